The van der Waals surface area contributed by atoms with Gasteiger partial charge in [0.15, 0.2) is 0 Å². The van der Waals surface area contributed by atoms with Gasteiger partial charge < -0.3 is 4.74 Å². The summed E-state index contributed by atoms with van der Waals surface area (Å²) in [5.41, 5.74) is 0. The molecule has 0 aromatic carbocycles. The predicted octanol–water partition coefficient (Wildman–Crippen LogP) is 5.24. The molecule has 0 bridgehead atoms. The summed E-state index contributed by atoms with van der Waals surface area (Å²) in [6.07, 6.45) is 5.14. The Kier molecular flexibility index (Phi) is 7.33. The molecule has 0 fully saturated rings. The highest BCUT2D eigenvalue weighted by atomic mass is 79.9. The Morgan fingerprint density at radius 3 is 2.81 bits per heavy atom. The molecule has 1 nitrogen and oxygen atoms in total. The average molecular weight is 305 g/mol. The van der Waals surface area contributed by atoms with Gasteiger partial charge in [0.25, 0.3) is 0 Å². The number of rotatable bonds is 8. The van der Waals surface area contributed by atoms with Crippen molar-refractivity contribution < 1.29 is 4.74 Å². The highest BCUT2D eigenvalue weighted by molar-refractivity contribution is 9.10. The summed E-state index contributed by atoms with van der Waals surface area (Å²) in [5, 5.41) is 2.09. The van der Waals surface area contributed by atoms with Crippen LogP contribution in [0.4, 0.5) is 0 Å². The van der Waals surface area contributed by atoms with Crippen LogP contribution in [0.3, 0.4) is 0 Å². The van der Waals surface area contributed by atoms with Crippen molar-refractivity contribution in [3.05, 3.63) is 20.8 Å². The molecule has 1 heterocycles. The Morgan fingerprint density at radius 1 is 1.44 bits per heavy atom. The van der Waals surface area contributed by atoms with Crippen LogP contribution in [0.15, 0.2) is 15.9 Å². The fourth-order valence-corrected chi connectivity index (χ4v) is 3.05. The standard InChI is InChI=1S/C13H21BrOS/c1-3-5-6-11(4-2)9-15-10-13-12(14)7-8-16-13/h7-8,11H,3-6,9-10H2,1-2H3. The molecule has 0 saturated carbocycles. The molecular weight excluding hydrogens is 284 g/mol. The molecule has 1 unspecified atom stereocenters. The van der Waals surface area contributed by atoms with E-state index in [2.05, 4.69) is 41.2 Å². The molecule has 1 aromatic heterocycles. The van der Waals surface area contributed by atoms with Crippen LogP contribution < -0.4 is 0 Å². The number of hydrogen-bond donors (Lipinski definition) is 0. The van der Waals surface area contributed by atoms with Crippen LogP contribution in [0.2, 0.25) is 0 Å². The third-order valence-corrected chi connectivity index (χ3v) is 4.72. The van der Waals surface area contributed by atoms with Crippen molar-refractivity contribution in [1.29, 1.82) is 0 Å². The Bertz CT molecular complexity index is 285. The van der Waals surface area contributed by atoms with E-state index >= 15 is 0 Å². The van der Waals surface area contributed by atoms with E-state index in [0.29, 0.717) is 0 Å². The Labute approximate surface area is 111 Å². The van der Waals surface area contributed by atoms with E-state index in [1.54, 1.807) is 11.3 Å². The Hall–Kier alpha value is 0.140. The molecule has 3 heteroatoms. The third kappa shape index (κ3) is 4.98. The number of thiophene rings is 1. The van der Waals surface area contributed by atoms with Gasteiger partial charge in [0.1, 0.15) is 0 Å². The third-order valence-electron chi connectivity index (χ3n) is 2.82. The van der Waals surface area contributed by atoms with E-state index in [-0.39, 0.29) is 0 Å². The van der Waals surface area contributed by atoms with E-state index in [0.717, 1.165) is 19.1 Å². The number of unbranched alkanes of at least 4 members (excludes halogenated alkanes) is 1. The van der Waals surface area contributed by atoms with Crippen LogP contribution in [0.25, 0.3) is 0 Å². The first-order valence-corrected chi connectivity index (χ1v) is 7.74. The summed E-state index contributed by atoms with van der Waals surface area (Å²) in [4.78, 5) is 1.30. The molecule has 0 amide bonds. The minimum atomic E-state index is 0.735. The number of hydrogen-bond acceptors (Lipinski definition) is 2. The van der Waals surface area contributed by atoms with E-state index in [9.17, 15) is 0 Å². The normalized spacial score (nSPS) is 12.9. The van der Waals surface area contributed by atoms with Gasteiger partial charge in [-0.05, 0) is 39.7 Å². The number of halogens is 1. The van der Waals surface area contributed by atoms with Gasteiger partial charge in [-0.15, -0.1) is 11.3 Å². The molecule has 1 aromatic rings. The van der Waals surface area contributed by atoms with Gasteiger partial charge in [0.2, 0.25) is 0 Å². The topological polar surface area (TPSA) is 9.23 Å². The zero-order valence-corrected chi connectivity index (χ0v) is 12.6. The average Bonchev–Trinajstić information content (AvgIpc) is 2.69. The van der Waals surface area contributed by atoms with Crippen LogP contribution in [-0.2, 0) is 11.3 Å². The zero-order valence-electron chi connectivity index (χ0n) is 10.2. The molecule has 0 radical (unpaired) electrons. The van der Waals surface area contributed by atoms with Gasteiger partial charge in [0.05, 0.1) is 6.61 Å². The molecule has 1 atom stereocenters. The quantitative estimate of drug-likeness (QED) is 0.638. The minimum Gasteiger partial charge on any atom is -0.376 e. The molecule has 0 spiro atoms. The van der Waals surface area contributed by atoms with Crippen molar-refractivity contribution in [2.24, 2.45) is 5.92 Å². The Morgan fingerprint density at radius 2 is 2.25 bits per heavy atom. The highest BCUT2D eigenvalue weighted by Crippen LogP contribution is 2.24. The summed E-state index contributed by atoms with van der Waals surface area (Å²) in [6.45, 7) is 6.16. The van der Waals surface area contributed by atoms with Crippen LogP contribution in [-0.4, -0.2) is 6.61 Å². The van der Waals surface area contributed by atoms with Crippen LogP contribution in [0, 0.1) is 5.92 Å². The summed E-state index contributed by atoms with van der Waals surface area (Å²) in [6, 6.07) is 2.08. The van der Waals surface area contributed by atoms with Gasteiger partial charge in [-0.2, -0.15) is 0 Å². The van der Waals surface area contributed by atoms with E-state index in [4.69, 9.17) is 4.74 Å². The summed E-state index contributed by atoms with van der Waals surface area (Å²) in [7, 11) is 0. The predicted molar refractivity (Wildman–Crippen MR) is 75.0 cm³/mol. The summed E-state index contributed by atoms with van der Waals surface area (Å²) in [5.74, 6) is 0.735. The molecule has 1 rings (SSSR count). The first-order chi connectivity index (χ1) is 7.77. The molecule has 0 N–H and O–H groups in total. The van der Waals surface area contributed by atoms with Gasteiger partial charge in [-0.1, -0.05) is 33.1 Å². The summed E-state index contributed by atoms with van der Waals surface area (Å²) >= 11 is 5.28. The number of ether oxygens (including phenoxy) is 1. The smallest absolute Gasteiger partial charge is 0.0820 e. The van der Waals surface area contributed by atoms with Crippen LogP contribution >= 0.6 is 27.3 Å². The second-order valence-electron chi connectivity index (χ2n) is 4.12. The summed E-state index contributed by atoms with van der Waals surface area (Å²) < 4.78 is 6.97. The van der Waals surface area contributed by atoms with Crippen molar-refractivity contribution in [2.45, 2.75) is 46.1 Å². The molecule has 92 valence electrons. The van der Waals surface area contributed by atoms with Crippen molar-refractivity contribution in [1.82, 2.24) is 0 Å². The lowest BCUT2D eigenvalue weighted by Gasteiger charge is -2.14. The maximum Gasteiger partial charge on any atom is 0.0820 e. The second-order valence-corrected chi connectivity index (χ2v) is 5.98. The molecule has 16 heavy (non-hydrogen) atoms. The highest BCUT2D eigenvalue weighted by Gasteiger charge is 2.07. The monoisotopic (exact) mass is 304 g/mol. The zero-order chi connectivity index (χ0) is 11.8. The maximum atomic E-state index is 5.79. The lowest BCUT2D eigenvalue weighted by molar-refractivity contribution is 0.0833. The fraction of sp³-hybridized carbons (Fsp3) is 0.692. The lowest BCUT2D eigenvalue weighted by atomic mass is 10.0. The van der Waals surface area contributed by atoms with E-state index in [1.165, 1.54) is 35.0 Å². The van der Waals surface area contributed by atoms with E-state index in [1.807, 2.05) is 0 Å². The van der Waals surface area contributed by atoms with Gasteiger partial charge >= 0.3 is 0 Å². The Balaban J connectivity index is 2.20. The molecule has 0 aliphatic heterocycles. The van der Waals surface area contributed by atoms with Crippen molar-refractivity contribution >= 4 is 27.3 Å². The molecule has 0 saturated heterocycles. The van der Waals surface area contributed by atoms with Crippen molar-refractivity contribution in [3.8, 4) is 0 Å². The first-order valence-electron chi connectivity index (χ1n) is 6.07. The van der Waals surface area contributed by atoms with Crippen molar-refractivity contribution in [2.75, 3.05) is 6.61 Å². The second kappa shape index (κ2) is 8.26. The maximum absolute atomic E-state index is 5.79. The fourth-order valence-electron chi connectivity index (χ4n) is 1.64. The first kappa shape index (κ1) is 14.2. The van der Waals surface area contributed by atoms with Crippen LogP contribution in [0.1, 0.15) is 44.4 Å². The molecule has 0 aliphatic rings. The molecule has 0 aliphatic carbocycles. The minimum absolute atomic E-state index is 0.735. The SMILES string of the molecule is CCCCC(CC)COCc1sccc1Br. The van der Waals surface area contributed by atoms with Crippen LogP contribution in [0.5, 0.6) is 0 Å². The largest absolute Gasteiger partial charge is 0.376 e. The lowest BCUT2D eigenvalue weighted by Crippen LogP contribution is -2.08. The van der Waals surface area contributed by atoms with Gasteiger partial charge in [-0.25, -0.2) is 0 Å². The van der Waals surface area contributed by atoms with Gasteiger partial charge in [-0.3, -0.25) is 0 Å². The van der Waals surface area contributed by atoms with Gasteiger partial charge in [0, 0.05) is 16.0 Å². The van der Waals surface area contributed by atoms with E-state index < -0.39 is 0 Å². The molecular formula is C13H21BrOS. The van der Waals surface area contributed by atoms with Crippen molar-refractivity contribution in [3.63, 3.8) is 0 Å².